The van der Waals surface area contributed by atoms with Gasteiger partial charge in [0.2, 0.25) is 5.91 Å². The zero-order valence-corrected chi connectivity index (χ0v) is 11.0. The molecule has 1 saturated heterocycles. The Morgan fingerprint density at radius 3 is 2.80 bits per heavy atom. The van der Waals surface area contributed by atoms with Crippen LogP contribution in [0.1, 0.15) is 5.56 Å². The van der Waals surface area contributed by atoms with Gasteiger partial charge >= 0.3 is 5.97 Å². The Bertz CT molecular complexity index is 572. The van der Waals surface area contributed by atoms with Gasteiger partial charge in [0, 0.05) is 37.5 Å². The largest absolute Gasteiger partial charge is 0.478 e. The quantitative estimate of drug-likeness (QED) is 0.844. The number of hydrogen-bond donors (Lipinski definition) is 1. The summed E-state index contributed by atoms with van der Waals surface area (Å²) in [7, 11) is 1.72. The zero-order valence-electron chi connectivity index (χ0n) is 11.0. The highest BCUT2D eigenvalue weighted by Crippen LogP contribution is 2.25. The molecule has 0 aliphatic carbocycles. The van der Waals surface area contributed by atoms with Crippen molar-refractivity contribution in [2.45, 2.75) is 0 Å². The molecule has 1 amide bonds. The van der Waals surface area contributed by atoms with Crippen LogP contribution in [0.25, 0.3) is 6.08 Å². The Morgan fingerprint density at radius 2 is 2.15 bits per heavy atom. The molecule has 2 rings (SSSR count). The lowest BCUT2D eigenvalue weighted by atomic mass is 10.1. The molecule has 1 heterocycles. The normalized spacial score (nSPS) is 16.0. The number of aliphatic carboxylic acids is 1. The van der Waals surface area contributed by atoms with Crippen molar-refractivity contribution in [1.82, 2.24) is 4.90 Å². The number of likely N-dealkylation sites (N-methyl/N-ethyl adjacent to an activating group) is 1. The molecule has 0 radical (unpaired) electrons. The summed E-state index contributed by atoms with van der Waals surface area (Å²) in [6.07, 6.45) is 2.11. The minimum absolute atomic E-state index is 0.0475. The van der Waals surface area contributed by atoms with Gasteiger partial charge in [0.1, 0.15) is 5.82 Å². The highest BCUT2D eigenvalue weighted by molar-refractivity contribution is 5.88. The van der Waals surface area contributed by atoms with Crippen molar-refractivity contribution in [1.29, 1.82) is 0 Å². The molecule has 0 aromatic heterocycles. The molecule has 6 heteroatoms. The van der Waals surface area contributed by atoms with Crippen molar-refractivity contribution in [2.75, 3.05) is 31.6 Å². The van der Waals surface area contributed by atoms with E-state index in [1.54, 1.807) is 29.0 Å². The van der Waals surface area contributed by atoms with Crippen LogP contribution in [0.4, 0.5) is 10.1 Å². The number of carboxylic acids is 1. The molecule has 0 atom stereocenters. The third-order valence-corrected chi connectivity index (χ3v) is 3.22. The molecule has 20 heavy (non-hydrogen) atoms. The first kappa shape index (κ1) is 14.0. The molecular formula is C14H15FN2O3. The zero-order chi connectivity index (χ0) is 14.7. The van der Waals surface area contributed by atoms with E-state index in [0.717, 1.165) is 6.08 Å². The monoisotopic (exact) mass is 278 g/mol. The van der Waals surface area contributed by atoms with Gasteiger partial charge in [0.25, 0.3) is 0 Å². The number of piperazine rings is 1. The molecule has 0 saturated carbocycles. The van der Waals surface area contributed by atoms with Crippen LogP contribution in [-0.2, 0) is 9.59 Å². The van der Waals surface area contributed by atoms with E-state index in [-0.39, 0.29) is 18.0 Å². The number of rotatable bonds is 3. The Kier molecular flexibility index (Phi) is 4.02. The molecule has 0 bridgehead atoms. The number of carboxylic acid groups (broad SMARTS) is 1. The number of halogens is 1. The number of benzene rings is 1. The van der Waals surface area contributed by atoms with Crippen LogP contribution in [0, 0.1) is 5.82 Å². The Hall–Kier alpha value is -2.37. The molecule has 0 unspecified atom stereocenters. The summed E-state index contributed by atoms with van der Waals surface area (Å²) in [5.74, 6) is -1.70. The van der Waals surface area contributed by atoms with Gasteiger partial charge in [-0.1, -0.05) is 6.07 Å². The van der Waals surface area contributed by atoms with Gasteiger partial charge in [-0.2, -0.15) is 0 Å². The first-order chi connectivity index (χ1) is 9.49. The molecule has 106 valence electrons. The molecular weight excluding hydrogens is 263 g/mol. The van der Waals surface area contributed by atoms with Crippen molar-refractivity contribution in [2.24, 2.45) is 0 Å². The highest BCUT2D eigenvalue weighted by atomic mass is 19.1. The van der Waals surface area contributed by atoms with E-state index < -0.39 is 11.8 Å². The van der Waals surface area contributed by atoms with Crippen molar-refractivity contribution in [3.05, 3.63) is 35.7 Å². The van der Waals surface area contributed by atoms with Gasteiger partial charge < -0.3 is 14.9 Å². The molecule has 1 aromatic rings. The van der Waals surface area contributed by atoms with Crippen molar-refractivity contribution >= 4 is 23.6 Å². The van der Waals surface area contributed by atoms with E-state index in [1.807, 2.05) is 0 Å². The summed E-state index contributed by atoms with van der Waals surface area (Å²) in [6.45, 7) is 1.30. The predicted octanol–water partition coefficient (Wildman–Crippen LogP) is 1.20. The summed E-state index contributed by atoms with van der Waals surface area (Å²) in [5.41, 5.74) is 0.719. The second kappa shape index (κ2) is 5.73. The molecule has 1 aliphatic rings. The topological polar surface area (TPSA) is 60.9 Å². The third kappa shape index (κ3) is 2.96. The SMILES string of the molecule is CN1CCN(c2cccc(F)c2/C=C/C(=O)O)CC1=O. The minimum Gasteiger partial charge on any atom is -0.478 e. The highest BCUT2D eigenvalue weighted by Gasteiger charge is 2.23. The van der Waals surface area contributed by atoms with E-state index in [1.165, 1.54) is 12.1 Å². The van der Waals surface area contributed by atoms with Crippen LogP contribution >= 0.6 is 0 Å². The van der Waals surface area contributed by atoms with Gasteiger partial charge in [-0.25, -0.2) is 9.18 Å². The van der Waals surface area contributed by atoms with Crippen LogP contribution in [0.15, 0.2) is 24.3 Å². The minimum atomic E-state index is -1.14. The predicted molar refractivity (Wildman–Crippen MR) is 72.9 cm³/mol. The maximum atomic E-state index is 13.9. The molecule has 1 aromatic carbocycles. The second-order valence-corrected chi connectivity index (χ2v) is 4.58. The first-order valence-corrected chi connectivity index (χ1v) is 6.17. The van der Waals surface area contributed by atoms with Crippen molar-refractivity contribution in [3.8, 4) is 0 Å². The summed E-state index contributed by atoms with van der Waals surface area (Å²) < 4.78 is 13.9. The summed E-state index contributed by atoms with van der Waals surface area (Å²) in [6, 6.07) is 4.50. The molecule has 5 nitrogen and oxygen atoms in total. The van der Waals surface area contributed by atoms with Crippen molar-refractivity contribution < 1.29 is 19.1 Å². The summed E-state index contributed by atoms with van der Waals surface area (Å²) >= 11 is 0. The molecule has 1 aliphatic heterocycles. The van der Waals surface area contributed by atoms with Crippen LogP contribution in [0.5, 0.6) is 0 Å². The van der Waals surface area contributed by atoms with Crippen molar-refractivity contribution in [3.63, 3.8) is 0 Å². The fourth-order valence-corrected chi connectivity index (χ4v) is 2.09. The summed E-state index contributed by atoms with van der Waals surface area (Å²) in [4.78, 5) is 25.7. The number of amides is 1. The average molecular weight is 278 g/mol. The standard InChI is InChI=1S/C14H15FN2O3/c1-16-7-8-17(9-13(16)18)12-4-2-3-11(15)10(12)5-6-14(19)20/h2-6H,7-9H2,1H3,(H,19,20)/b6-5+. The lowest BCUT2D eigenvalue weighted by Crippen LogP contribution is -2.48. The van der Waals surface area contributed by atoms with Gasteiger partial charge in [0.05, 0.1) is 6.54 Å². The second-order valence-electron chi connectivity index (χ2n) is 4.58. The third-order valence-electron chi connectivity index (χ3n) is 3.22. The molecule has 1 fully saturated rings. The summed E-state index contributed by atoms with van der Waals surface area (Å²) in [5, 5.41) is 8.66. The Balaban J connectivity index is 2.34. The van der Waals surface area contributed by atoms with Gasteiger partial charge in [-0.15, -0.1) is 0 Å². The Morgan fingerprint density at radius 1 is 1.40 bits per heavy atom. The van der Waals surface area contributed by atoms with Crippen LogP contribution in [-0.4, -0.2) is 48.6 Å². The van der Waals surface area contributed by atoms with E-state index in [4.69, 9.17) is 5.11 Å². The first-order valence-electron chi connectivity index (χ1n) is 6.17. The van der Waals surface area contributed by atoms with Crippen LogP contribution < -0.4 is 4.90 Å². The van der Waals surface area contributed by atoms with E-state index >= 15 is 0 Å². The number of nitrogens with zero attached hydrogens (tertiary/aromatic N) is 2. The fraction of sp³-hybridized carbons (Fsp3) is 0.286. The number of anilines is 1. The van der Waals surface area contributed by atoms with E-state index in [2.05, 4.69) is 0 Å². The van der Waals surface area contributed by atoms with Crippen LogP contribution in [0.3, 0.4) is 0 Å². The Labute approximate surface area is 115 Å². The molecule has 1 N–H and O–H groups in total. The smallest absolute Gasteiger partial charge is 0.328 e. The fourth-order valence-electron chi connectivity index (χ4n) is 2.09. The van der Waals surface area contributed by atoms with E-state index in [9.17, 15) is 14.0 Å². The molecule has 0 spiro atoms. The number of hydrogen-bond acceptors (Lipinski definition) is 3. The van der Waals surface area contributed by atoms with Gasteiger partial charge in [-0.3, -0.25) is 4.79 Å². The number of carbonyl (C=O) groups is 2. The maximum absolute atomic E-state index is 13.9. The van der Waals surface area contributed by atoms with E-state index in [0.29, 0.717) is 18.8 Å². The van der Waals surface area contributed by atoms with Gasteiger partial charge in [0.15, 0.2) is 0 Å². The lowest BCUT2D eigenvalue weighted by molar-refractivity contribution is -0.131. The van der Waals surface area contributed by atoms with Gasteiger partial charge in [-0.05, 0) is 18.2 Å². The van der Waals surface area contributed by atoms with Crippen LogP contribution in [0.2, 0.25) is 0 Å². The number of carbonyl (C=O) groups excluding carboxylic acids is 1. The average Bonchev–Trinajstić information content (AvgIpc) is 2.40. The lowest BCUT2D eigenvalue weighted by Gasteiger charge is -2.34. The maximum Gasteiger partial charge on any atom is 0.328 e.